The second-order valence-corrected chi connectivity index (χ2v) is 7.21. The summed E-state index contributed by atoms with van der Waals surface area (Å²) in [6.45, 7) is 3.93. The highest BCUT2D eigenvalue weighted by Gasteiger charge is 2.21. The van der Waals surface area contributed by atoms with Crippen LogP contribution in [0.5, 0.6) is 5.75 Å². The van der Waals surface area contributed by atoms with Crippen molar-refractivity contribution in [3.63, 3.8) is 0 Å². The van der Waals surface area contributed by atoms with E-state index in [0.717, 1.165) is 31.8 Å². The Morgan fingerprint density at radius 1 is 0.966 bits per heavy atom. The molecule has 3 rings (SSSR count). The molecule has 1 saturated heterocycles. The third-order valence-corrected chi connectivity index (χ3v) is 5.35. The number of para-hydroxylation sites is 1. The van der Waals surface area contributed by atoms with Crippen LogP contribution in [0.4, 0.5) is 4.39 Å². The van der Waals surface area contributed by atoms with Crippen molar-refractivity contribution in [3.8, 4) is 5.75 Å². The molecule has 1 fully saturated rings. The third kappa shape index (κ3) is 5.87. The molecule has 2 aromatic carbocycles. The number of ether oxygens (including phenoxy) is 1. The lowest BCUT2D eigenvalue weighted by atomic mass is 10.1. The Balaban J connectivity index is 1.40. The van der Waals surface area contributed by atoms with E-state index in [2.05, 4.69) is 11.0 Å². The van der Waals surface area contributed by atoms with Gasteiger partial charge in [-0.25, -0.2) is 4.39 Å². The molecule has 0 aliphatic carbocycles. The van der Waals surface area contributed by atoms with E-state index in [-0.39, 0.29) is 30.3 Å². The van der Waals surface area contributed by atoms with Crippen LogP contribution in [0.3, 0.4) is 0 Å². The smallest absolute Gasteiger partial charge is 0.223 e. The zero-order valence-electron chi connectivity index (χ0n) is 16.8. The van der Waals surface area contributed by atoms with Crippen molar-refractivity contribution in [3.05, 3.63) is 65.5 Å². The zero-order chi connectivity index (χ0) is 20.6. The van der Waals surface area contributed by atoms with Gasteiger partial charge < -0.3 is 9.64 Å². The molecular weight excluding hydrogens is 371 g/mol. The fraction of sp³-hybridized carbons (Fsp3) is 0.391. The fourth-order valence-electron chi connectivity index (χ4n) is 3.57. The lowest BCUT2D eigenvalue weighted by molar-refractivity contribution is -0.132. The number of carbonyl (C=O) groups excluding carboxylic acids is 2. The van der Waals surface area contributed by atoms with Crippen molar-refractivity contribution < 1.29 is 18.7 Å². The van der Waals surface area contributed by atoms with Gasteiger partial charge in [0.25, 0.3) is 0 Å². The minimum atomic E-state index is -0.374. The third-order valence-electron chi connectivity index (χ3n) is 5.35. The minimum absolute atomic E-state index is 0.00448. The maximum absolute atomic E-state index is 12.9. The van der Waals surface area contributed by atoms with Gasteiger partial charge in [-0.15, -0.1) is 0 Å². The van der Waals surface area contributed by atoms with Gasteiger partial charge in [0.15, 0.2) is 5.78 Å². The maximum Gasteiger partial charge on any atom is 0.223 e. The fourth-order valence-corrected chi connectivity index (χ4v) is 3.57. The molecule has 1 heterocycles. The summed E-state index contributed by atoms with van der Waals surface area (Å²) < 4.78 is 18.3. The molecule has 1 amide bonds. The van der Waals surface area contributed by atoms with E-state index < -0.39 is 0 Å². The van der Waals surface area contributed by atoms with E-state index in [1.165, 1.54) is 29.8 Å². The first-order chi connectivity index (χ1) is 14.1. The Kier molecular flexibility index (Phi) is 7.36. The van der Waals surface area contributed by atoms with Gasteiger partial charge in [0, 0.05) is 51.1 Å². The quantitative estimate of drug-likeness (QED) is 0.641. The summed E-state index contributed by atoms with van der Waals surface area (Å²) >= 11 is 0. The summed E-state index contributed by atoms with van der Waals surface area (Å²) in [5.41, 5.74) is 1.63. The number of Topliss-reactive ketones (excluding diaryl/α,β-unsaturated/α-hetero) is 1. The van der Waals surface area contributed by atoms with Crippen molar-refractivity contribution >= 4 is 11.7 Å². The van der Waals surface area contributed by atoms with Crippen LogP contribution < -0.4 is 4.74 Å². The van der Waals surface area contributed by atoms with Crippen molar-refractivity contribution in [2.45, 2.75) is 19.3 Å². The molecule has 0 spiro atoms. The summed E-state index contributed by atoms with van der Waals surface area (Å²) in [6.07, 6.45) is 1.25. The number of rotatable bonds is 8. The molecule has 0 N–H and O–H groups in total. The zero-order valence-corrected chi connectivity index (χ0v) is 16.8. The number of halogens is 1. The van der Waals surface area contributed by atoms with Crippen LogP contribution in [0.2, 0.25) is 0 Å². The summed E-state index contributed by atoms with van der Waals surface area (Å²) in [5, 5.41) is 0. The normalized spacial score (nSPS) is 14.6. The van der Waals surface area contributed by atoms with Gasteiger partial charge in [-0.3, -0.25) is 14.5 Å². The first kappa shape index (κ1) is 21.0. The molecule has 0 unspecified atom stereocenters. The lowest BCUT2D eigenvalue weighted by Gasteiger charge is -2.34. The number of hydrogen-bond donors (Lipinski definition) is 0. The topological polar surface area (TPSA) is 49.9 Å². The van der Waals surface area contributed by atoms with Gasteiger partial charge >= 0.3 is 0 Å². The van der Waals surface area contributed by atoms with Crippen LogP contribution in [0, 0.1) is 5.82 Å². The maximum atomic E-state index is 12.9. The van der Waals surface area contributed by atoms with Crippen LogP contribution >= 0.6 is 0 Å². The van der Waals surface area contributed by atoms with Gasteiger partial charge in [0.2, 0.25) is 5.91 Å². The van der Waals surface area contributed by atoms with Gasteiger partial charge in [-0.2, -0.15) is 0 Å². The van der Waals surface area contributed by atoms with E-state index in [0.29, 0.717) is 18.7 Å². The predicted octanol–water partition coefficient (Wildman–Crippen LogP) is 3.18. The molecule has 5 nitrogen and oxygen atoms in total. The molecule has 0 atom stereocenters. The Morgan fingerprint density at radius 2 is 1.66 bits per heavy atom. The monoisotopic (exact) mass is 398 g/mol. The average Bonchev–Trinajstić information content (AvgIpc) is 2.76. The Hall–Kier alpha value is -2.73. The second kappa shape index (κ2) is 10.2. The van der Waals surface area contributed by atoms with Gasteiger partial charge in [-0.1, -0.05) is 18.2 Å². The molecule has 0 saturated carbocycles. The molecular formula is C23H27FN2O3. The number of amides is 1. The van der Waals surface area contributed by atoms with Crippen LogP contribution in [0.1, 0.15) is 28.8 Å². The number of hydrogen-bond acceptors (Lipinski definition) is 4. The highest BCUT2D eigenvalue weighted by molar-refractivity contribution is 5.97. The number of piperazine rings is 1. The first-order valence-electron chi connectivity index (χ1n) is 9.97. The Morgan fingerprint density at radius 3 is 2.34 bits per heavy atom. The van der Waals surface area contributed by atoms with Crippen molar-refractivity contribution in [2.24, 2.45) is 0 Å². The summed E-state index contributed by atoms with van der Waals surface area (Å²) in [6, 6.07) is 13.5. The number of benzene rings is 2. The molecule has 1 aliphatic heterocycles. The SMILES string of the molecule is COc1ccccc1CCN1CCN(C(=O)CCC(=O)c2ccc(F)cc2)CC1. The standard InChI is InChI=1S/C23H27FN2O3/c1-29-22-5-3-2-4-19(22)12-13-25-14-16-26(17-15-25)23(28)11-10-21(27)18-6-8-20(24)9-7-18/h2-9H,10-17H2,1H3. The van der Waals surface area contributed by atoms with E-state index in [1.54, 1.807) is 7.11 Å². The van der Waals surface area contributed by atoms with E-state index in [4.69, 9.17) is 4.74 Å². The molecule has 1 aliphatic rings. The van der Waals surface area contributed by atoms with E-state index >= 15 is 0 Å². The average molecular weight is 398 g/mol. The van der Waals surface area contributed by atoms with Crippen LogP contribution in [-0.2, 0) is 11.2 Å². The van der Waals surface area contributed by atoms with Crippen LogP contribution in [-0.4, -0.2) is 61.3 Å². The van der Waals surface area contributed by atoms with Gasteiger partial charge in [0.05, 0.1) is 7.11 Å². The Bertz CT molecular complexity index is 830. The van der Waals surface area contributed by atoms with Crippen molar-refractivity contribution in [2.75, 3.05) is 39.8 Å². The molecule has 0 radical (unpaired) electrons. The lowest BCUT2D eigenvalue weighted by Crippen LogP contribution is -2.49. The molecule has 154 valence electrons. The molecule has 6 heteroatoms. The first-order valence-corrected chi connectivity index (χ1v) is 9.97. The number of nitrogens with zero attached hydrogens (tertiary/aromatic N) is 2. The minimum Gasteiger partial charge on any atom is -0.496 e. The summed E-state index contributed by atoms with van der Waals surface area (Å²) in [5.74, 6) is 0.409. The van der Waals surface area contributed by atoms with E-state index in [9.17, 15) is 14.0 Å². The van der Waals surface area contributed by atoms with Crippen LogP contribution in [0.25, 0.3) is 0 Å². The number of carbonyl (C=O) groups is 2. The number of ketones is 1. The molecule has 0 bridgehead atoms. The van der Waals surface area contributed by atoms with Crippen molar-refractivity contribution in [1.29, 1.82) is 0 Å². The highest BCUT2D eigenvalue weighted by Crippen LogP contribution is 2.18. The van der Waals surface area contributed by atoms with Gasteiger partial charge in [0.1, 0.15) is 11.6 Å². The molecule has 0 aromatic heterocycles. The number of methoxy groups -OCH3 is 1. The van der Waals surface area contributed by atoms with Crippen LogP contribution in [0.15, 0.2) is 48.5 Å². The largest absolute Gasteiger partial charge is 0.496 e. The second-order valence-electron chi connectivity index (χ2n) is 7.21. The molecule has 2 aromatic rings. The highest BCUT2D eigenvalue weighted by atomic mass is 19.1. The predicted molar refractivity (Wildman–Crippen MR) is 110 cm³/mol. The van der Waals surface area contributed by atoms with Gasteiger partial charge in [-0.05, 0) is 42.3 Å². The molecule has 29 heavy (non-hydrogen) atoms. The van der Waals surface area contributed by atoms with Crippen molar-refractivity contribution in [1.82, 2.24) is 9.80 Å². The summed E-state index contributed by atoms with van der Waals surface area (Å²) in [4.78, 5) is 28.8. The summed E-state index contributed by atoms with van der Waals surface area (Å²) in [7, 11) is 1.68. The van der Waals surface area contributed by atoms with E-state index in [1.807, 2.05) is 23.1 Å². The Labute approximate surface area is 171 Å².